The number of esters is 2. The highest BCUT2D eigenvalue weighted by Crippen LogP contribution is 2.00. The van der Waals surface area contributed by atoms with E-state index in [1.807, 2.05) is 0 Å². The average molecular weight is 190 g/mol. The van der Waals surface area contributed by atoms with Gasteiger partial charge in [-0.15, -0.1) is 0 Å². The number of methoxy groups -OCH3 is 1. The zero-order valence-electron chi connectivity index (χ0n) is 8.03. The molecule has 1 atom stereocenters. The van der Waals surface area contributed by atoms with Crippen molar-refractivity contribution in [3.63, 3.8) is 0 Å². The summed E-state index contributed by atoms with van der Waals surface area (Å²) in [5, 5.41) is 0. The van der Waals surface area contributed by atoms with E-state index in [2.05, 4.69) is 4.74 Å². The molecule has 13 heavy (non-hydrogen) atoms. The number of rotatable bonds is 5. The smallest absolute Gasteiger partial charge is 0.304 e. The number of hydrogen-bond donors (Lipinski definition) is 0. The first kappa shape index (κ1) is 11.9. The van der Waals surface area contributed by atoms with E-state index in [1.165, 1.54) is 21.0 Å². The number of carbonyl (C=O) groups is 2. The highest BCUT2D eigenvalue weighted by molar-refractivity contribution is 5.66. The molecule has 0 aliphatic heterocycles. The standard InChI is InChI=1S/C8H14O5/c1-6(9)12-5-4-8(11-3)13-7(2)10/h8H,4-5H2,1-3H3. The molecule has 0 saturated carbocycles. The Hall–Kier alpha value is -1.10. The second kappa shape index (κ2) is 6.42. The Bertz CT molecular complexity index is 177. The molecule has 0 heterocycles. The monoisotopic (exact) mass is 190 g/mol. The summed E-state index contributed by atoms with van der Waals surface area (Å²) in [6.07, 6.45) is -0.299. The summed E-state index contributed by atoms with van der Waals surface area (Å²) in [6, 6.07) is 0. The van der Waals surface area contributed by atoms with Crippen LogP contribution >= 0.6 is 0 Å². The van der Waals surface area contributed by atoms with E-state index in [1.54, 1.807) is 0 Å². The zero-order chi connectivity index (χ0) is 10.3. The third-order valence-corrected chi connectivity index (χ3v) is 1.22. The van der Waals surface area contributed by atoms with Gasteiger partial charge in [-0.1, -0.05) is 0 Å². The largest absolute Gasteiger partial charge is 0.466 e. The Balaban J connectivity index is 3.59. The lowest BCUT2D eigenvalue weighted by atomic mass is 10.4. The second-order valence-electron chi connectivity index (χ2n) is 2.40. The summed E-state index contributed by atoms with van der Waals surface area (Å²) in [6.45, 7) is 2.78. The predicted molar refractivity (Wildman–Crippen MR) is 43.8 cm³/mol. The van der Waals surface area contributed by atoms with E-state index in [9.17, 15) is 9.59 Å². The first-order valence-electron chi connectivity index (χ1n) is 3.89. The molecular formula is C8H14O5. The molecule has 0 aliphatic rings. The normalized spacial score (nSPS) is 11.9. The first-order valence-corrected chi connectivity index (χ1v) is 3.89. The van der Waals surface area contributed by atoms with Crippen LogP contribution in [-0.2, 0) is 23.8 Å². The second-order valence-corrected chi connectivity index (χ2v) is 2.40. The van der Waals surface area contributed by atoms with Crippen molar-refractivity contribution in [2.75, 3.05) is 13.7 Å². The Morgan fingerprint density at radius 3 is 2.23 bits per heavy atom. The van der Waals surface area contributed by atoms with Crippen molar-refractivity contribution in [1.29, 1.82) is 0 Å². The van der Waals surface area contributed by atoms with Crippen LogP contribution in [0.4, 0.5) is 0 Å². The summed E-state index contributed by atoms with van der Waals surface area (Å²) in [4.78, 5) is 20.9. The Kier molecular flexibility index (Phi) is 5.88. The van der Waals surface area contributed by atoms with Crippen molar-refractivity contribution in [1.82, 2.24) is 0 Å². The molecule has 0 fully saturated rings. The van der Waals surface area contributed by atoms with E-state index < -0.39 is 12.3 Å². The Labute approximate surface area is 77.0 Å². The molecule has 0 N–H and O–H groups in total. The van der Waals surface area contributed by atoms with Gasteiger partial charge in [-0.3, -0.25) is 9.59 Å². The highest BCUT2D eigenvalue weighted by Gasteiger charge is 2.10. The van der Waals surface area contributed by atoms with Gasteiger partial charge in [0.1, 0.15) is 0 Å². The molecule has 0 bridgehead atoms. The van der Waals surface area contributed by atoms with Gasteiger partial charge in [-0.05, 0) is 0 Å². The summed E-state index contributed by atoms with van der Waals surface area (Å²) < 4.78 is 14.2. The lowest BCUT2D eigenvalue weighted by Crippen LogP contribution is -2.20. The minimum absolute atomic E-state index is 0.182. The van der Waals surface area contributed by atoms with E-state index in [4.69, 9.17) is 9.47 Å². The van der Waals surface area contributed by atoms with Crippen LogP contribution in [0.3, 0.4) is 0 Å². The van der Waals surface area contributed by atoms with E-state index >= 15 is 0 Å². The van der Waals surface area contributed by atoms with Crippen molar-refractivity contribution in [3.8, 4) is 0 Å². The van der Waals surface area contributed by atoms with Gasteiger partial charge in [0.25, 0.3) is 0 Å². The molecule has 0 aromatic carbocycles. The van der Waals surface area contributed by atoms with Crippen LogP contribution < -0.4 is 0 Å². The third kappa shape index (κ3) is 7.27. The van der Waals surface area contributed by atoms with Crippen LogP contribution in [0.1, 0.15) is 20.3 Å². The van der Waals surface area contributed by atoms with E-state index in [-0.39, 0.29) is 12.6 Å². The topological polar surface area (TPSA) is 61.8 Å². The van der Waals surface area contributed by atoms with Gasteiger partial charge in [0, 0.05) is 27.4 Å². The summed E-state index contributed by atoms with van der Waals surface area (Å²) >= 11 is 0. The zero-order valence-corrected chi connectivity index (χ0v) is 8.03. The Morgan fingerprint density at radius 1 is 1.23 bits per heavy atom. The molecule has 0 aromatic heterocycles. The van der Waals surface area contributed by atoms with Crippen LogP contribution in [-0.4, -0.2) is 31.9 Å². The fourth-order valence-electron chi connectivity index (χ4n) is 0.709. The first-order chi connectivity index (χ1) is 6.06. The summed E-state index contributed by atoms with van der Waals surface area (Å²) in [5.74, 6) is -0.785. The molecule has 5 heteroatoms. The lowest BCUT2D eigenvalue weighted by Gasteiger charge is -2.14. The maximum atomic E-state index is 10.5. The van der Waals surface area contributed by atoms with Crippen molar-refractivity contribution in [3.05, 3.63) is 0 Å². The molecular weight excluding hydrogens is 176 g/mol. The van der Waals surface area contributed by atoms with Crippen LogP contribution in [0, 0.1) is 0 Å². The van der Waals surface area contributed by atoms with Gasteiger partial charge in [-0.2, -0.15) is 0 Å². The maximum Gasteiger partial charge on any atom is 0.304 e. The SMILES string of the molecule is COC(CCOC(C)=O)OC(C)=O. The molecule has 0 rings (SSSR count). The molecule has 1 unspecified atom stereocenters. The fourth-order valence-corrected chi connectivity index (χ4v) is 0.709. The highest BCUT2D eigenvalue weighted by atomic mass is 16.7. The lowest BCUT2D eigenvalue weighted by molar-refractivity contribution is -0.174. The van der Waals surface area contributed by atoms with Crippen LogP contribution in [0.25, 0.3) is 0 Å². The minimum atomic E-state index is -0.642. The van der Waals surface area contributed by atoms with Gasteiger partial charge in [0.2, 0.25) is 6.29 Å². The molecule has 0 saturated heterocycles. The van der Waals surface area contributed by atoms with Crippen LogP contribution in [0.15, 0.2) is 0 Å². The molecule has 0 amide bonds. The van der Waals surface area contributed by atoms with Crippen molar-refractivity contribution in [2.24, 2.45) is 0 Å². The average Bonchev–Trinajstić information content (AvgIpc) is 2.01. The van der Waals surface area contributed by atoms with Gasteiger partial charge in [-0.25, -0.2) is 0 Å². The molecule has 0 spiro atoms. The fraction of sp³-hybridized carbons (Fsp3) is 0.750. The van der Waals surface area contributed by atoms with Gasteiger partial charge < -0.3 is 14.2 Å². The van der Waals surface area contributed by atoms with Gasteiger partial charge in [0.05, 0.1) is 6.61 Å². The molecule has 0 radical (unpaired) electrons. The molecule has 5 nitrogen and oxygen atoms in total. The van der Waals surface area contributed by atoms with Crippen molar-refractivity contribution >= 4 is 11.9 Å². The minimum Gasteiger partial charge on any atom is -0.466 e. The number of hydrogen-bond acceptors (Lipinski definition) is 5. The number of ether oxygens (including phenoxy) is 3. The molecule has 0 aromatic rings. The van der Waals surface area contributed by atoms with E-state index in [0.29, 0.717) is 6.42 Å². The quantitative estimate of drug-likeness (QED) is 0.466. The van der Waals surface area contributed by atoms with Crippen LogP contribution in [0.2, 0.25) is 0 Å². The summed E-state index contributed by atoms with van der Waals surface area (Å²) in [7, 11) is 1.42. The maximum absolute atomic E-state index is 10.5. The molecule has 76 valence electrons. The van der Waals surface area contributed by atoms with Crippen LogP contribution in [0.5, 0.6) is 0 Å². The third-order valence-electron chi connectivity index (χ3n) is 1.22. The number of carbonyl (C=O) groups excluding carboxylic acids is 2. The Morgan fingerprint density at radius 2 is 1.85 bits per heavy atom. The summed E-state index contributed by atoms with van der Waals surface area (Å²) in [5.41, 5.74) is 0. The van der Waals surface area contributed by atoms with Gasteiger partial charge >= 0.3 is 11.9 Å². The molecule has 0 aliphatic carbocycles. The van der Waals surface area contributed by atoms with E-state index in [0.717, 1.165) is 0 Å². The van der Waals surface area contributed by atoms with Gasteiger partial charge in [0.15, 0.2) is 0 Å². The van der Waals surface area contributed by atoms with Crippen molar-refractivity contribution in [2.45, 2.75) is 26.6 Å². The van der Waals surface area contributed by atoms with Crippen molar-refractivity contribution < 1.29 is 23.8 Å². The predicted octanol–water partition coefficient (Wildman–Crippen LogP) is 0.475.